The van der Waals surface area contributed by atoms with E-state index < -0.39 is 12.1 Å². The summed E-state index contributed by atoms with van der Waals surface area (Å²) in [5, 5.41) is 15.5. The molecule has 0 aliphatic heterocycles. The van der Waals surface area contributed by atoms with Gasteiger partial charge in [-0.1, -0.05) is 68.8 Å². The molecule has 156 valence electrons. The summed E-state index contributed by atoms with van der Waals surface area (Å²) in [6, 6.07) is 13.4. The van der Waals surface area contributed by atoms with Gasteiger partial charge in [0.05, 0.1) is 5.71 Å². The molecule has 0 fully saturated rings. The van der Waals surface area contributed by atoms with Crippen LogP contribution in [0.3, 0.4) is 0 Å². The van der Waals surface area contributed by atoms with Crippen molar-refractivity contribution in [2.45, 2.75) is 40.2 Å². The number of hydrogen-bond donors (Lipinski definition) is 2. The van der Waals surface area contributed by atoms with E-state index in [-0.39, 0.29) is 5.75 Å². The molecule has 0 spiro atoms. The SMILES string of the molecule is C/C=C\C(CC)=N\N(N)c1cc(Cl)ccc1O[C@@H](C(=O)O)c1ccccc1.CC. The zero-order valence-corrected chi connectivity index (χ0v) is 17.9. The topological polar surface area (TPSA) is 88.1 Å². The Morgan fingerprint density at radius 1 is 1.28 bits per heavy atom. The minimum atomic E-state index is -1.19. The predicted octanol–water partition coefficient (Wildman–Crippen LogP) is 5.59. The molecular formula is C22H28ClN3O3. The molecule has 7 heteroatoms. The first-order valence-electron chi connectivity index (χ1n) is 9.45. The molecule has 2 rings (SSSR count). The molecule has 2 aromatic carbocycles. The predicted molar refractivity (Wildman–Crippen MR) is 119 cm³/mol. The number of benzene rings is 2. The summed E-state index contributed by atoms with van der Waals surface area (Å²) in [7, 11) is 0. The molecule has 0 saturated heterocycles. The highest BCUT2D eigenvalue weighted by molar-refractivity contribution is 6.31. The van der Waals surface area contributed by atoms with Crippen LogP contribution >= 0.6 is 11.6 Å². The van der Waals surface area contributed by atoms with Crippen molar-refractivity contribution in [3.8, 4) is 5.75 Å². The van der Waals surface area contributed by atoms with Gasteiger partial charge in [0.2, 0.25) is 6.10 Å². The second-order valence-electron chi connectivity index (χ2n) is 5.65. The Hall–Kier alpha value is -2.83. The number of hydrogen-bond acceptors (Lipinski definition) is 5. The average Bonchev–Trinajstić information content (AvgIpc) is 2.74. The van der Waals surface area contributed by atoms with E-state index in [1.54, 1.807) is 48.5 Å². The van der Waals surface area contributed by atoms with Gasteiger partial charge in [0.15, 0.2) is 0 Å². The Labute approximate surface area is 177 Å². The second-order valence-corrected chi connectivity index (χ2v) is 6.08. The van der Waals surface area contributed by atoms with Crippen LogP contribution in [-0.2, 0) is 4.79 Å². The molecule has 3 N–H and O–H groups in total. The highest BCUT2D eigenvalue weighted by Gasteiger charge is 2.24. The number of anilines is 1. The van der Waals surface area contributed by atoms with Crippen LogP contribution in [0.25, 0.3) is 0 Å². The fourth-order valence-electron chi connectivity index (χ4n) is 2.39. The minimum Gasteiger partial charge on any atom is -0.478 e. The van der Waals surface area contributed by atoms with Crippen molar-refractivity contribution >= 4 is 29.0 Å². The van der Waals surface area contributed by atoms with Gasteiger partial charge in [-0.2, -0.15) is 10.2 Å². The van der Waals surface area contributed by atoms with Crippen LogP contribution in [0.2, 0.25) is 5.02 Å². The fraction of sp³-hybridized carbons (Fsp3) is 0.273. The van der Waals surface area contributed by atoms with E-state index in [1.807, 2.05) is 39.8 Å². The molecule has 0 radical (unpaired) electrons. The molecule has 1 atom stereocenters. The van der Waals surface area contributed by atoms with Gasteiger partial charge in [0.25, 0.3) is 0 Å². The summed E-state index contributed by atoms with van der Waals surface area (Å²) in [4.78, 5) is 11.7. The number of carboxylic acid groups (broad SMARTS) is 1. The van der Waals surface area contributed by atoms with Gasteiger partial charge in [0, 0.05) is 10.6 Å². The third kappa shape index (κ3) is 7.25. The zero-order valence-electron chi connectivity index (χ0n) is 17.2. The molecule has 0 aliphatic carbocycles. The molecule has 0 saturated carbocycles. The van der Waals surface area contributed by atoms with Crippen molar-refractivity contribution < 1.29 is 14.6 Å². The quantitative estimate of drug-likeness (QED) is 0.332. The van der Waals surface area contributed by atoms with Crippen molar-refractivity contribution in [1.29, 1.82) is 0 Å². The molecule has 29 heavy (non-hydrogen) atoms. The number of carboxylic acids is 1. The number of halogens is 1. The first-order valence-corrected chi connectivity index (χ1v) is 9.83. The molecule has 6 nitrogen and oxygen atoms in total. The van der Waals surface area contributed by atoms with Crippen molar-refractivity contribution in [1.82, 2.24) is 0 Å². The van der Waals surface area contributed by atoms with Crippen LogP contribution < -0.4 is 15.7 Å². The number of hydrazone groups is 1. The Morgan fingerprint density at radius 2 is 1.93 bits per heavy atom. The van der Waals surface area contributed by atoms with Gasteiger partial charge >= 0.3 is 5.97 Å². The molecule has 0 amide bonds. The van der Waals surface area contributed by atoms with Crippen molar-refractivity contribution in [2.75, 3.05) is 5.12 Å². The smallest absolute Gasteiger partial charge is 0.349 e. The summed E-state index contributed by atoms with van der Waals surface area (Å²) >= 11 is 6.09. The number of aliphatic carboxylic acids is 1. The Bertz CT molecular complexity index is 838. The lowest BCUT2D eigenvalue weighted by molar-refractivity contribution is -0.145. The van der Waals surface area contributed by atoms with Crippen LogP contribution in [-0.4, -0.2) is 16.8 Å². The molecule has 0 aromatic heterocycles. The number of allylic oxidation sites excluding steroid dienone is 2. The highest BCUT2D eigenvalue weighted by atomic mass is 35.5. The van der Waals surface area contributed by atoms with E-state index in [0.717, 1.165) is 10.8 Å². The highest BCUT2D eigenvalue weighted by Crippen LogP contribution is 2.34. The largest absolute Gasteiger partial charge is 0.478 e. The van der Waals surface area contributed by atoms with Crippen molar-refractivity contribution in [3.63, 3.8) is 0 Å². The number of nitrogens with two attached hydrogens (primary N) is 1. The standard InChI is InChI=1S/C20H22ClN3O3.C2H6/c1-3-8-16(4-2)23-24(22)17-13-15(21)11-12-18(17)27-19(20(25)26)14-9-6-5-7-10-14;1-2/h3,5-13,19H,4,22H2,1-2H3,(H,25,26);1-2H3/b8-3-,23-16+;/t19-;/m1./s1. The Kier molecular flexibility index (Phi) is 10.5. The summed E-state index contributed by atoms with van der Waals surface area (Å²) in [6.45, 7) is 7.84. The number of nitrogens with zero attached hydrogens (tertiary/aromatic N) is 2. The molecule has 0 heterocycles. The lowest BCUT2D eigenvalue weighted by Gasteiger charge is -2.21. The van der Waals surface area contributed by atoms with Crippen LogP contribution in [0.15, 0.2) is 65.8 Å². The van der Waals surface area contributed by atoms with Crippen molar-refractivity contribution in [2.24, 2.45) is 10.9 Å². The van der Waals surface area contributed by atoms with Crippen LogP contribution in [0, 0.1) is 0 Å². The first-order chi connectivity index (χ1) is 14.0. The Balaban J connectivity index is 0.00000204. The van der Waals surface area contributed by atoms with Gasteiger partial charge in [0.1, 0.15) is 11.4 Å². The maximum atomic E-state index is 11.7. The van der Waals surface area contributed by atoms with E-state index in [2.05, 4.69) is 5.10 Å². The van der Waals surface area contributed by atoms with E-state index in [4.69, 9.17) is 22.2 Å². The number of ether oxygens (including phenoxy) is 1. The summed E-state index contributed by atoms with van der Waals surface area (Å²) < 4.78 is 5.78. The van der Waals surface area contributed by atoms with Gasteiger partial charge in [-0.05, 0) is 37.6 Å². The molecule has 2 aromatic rings. The summed E-state index contributed by atoms with van der Waals surface area (Å²) in [5.41, 5.74) is 1.63. The second kappa shape index (κ2) is 12.6. The average molecular weight is 418 g/mol. The zero-order chi connectivity index (χ0) is 21.8. The third-order valence-electron chi connectivity index (χ3n) is 3.70. The van der Waals surface area contributed by atoms with Crippen molar-refractivity contribution in [3.05, 3.63) is 71.3 Å². The van der Waals surface area contributed by atoms with Gasteiger partial charge in [-0.15, -0.1) is 0 Å². The monoisotopic (exact) mass is 417 g/mol. The van der Waals surface area contributed by atoms with Gasteiger partial charge in [-0.25, -0.2) is 10.6 Å². The number of hydrazine groups is 1. The van der Waals surface area contributed by atoms with Gasteiger partial charge in [-0.3, -0.25) is 0 Å². The maximum absolute atomic E-state index is 11.7. The van der Waals surface area contributed by atoms with E-state index in [9.17, 15) is 9.90 Å². The molecule has 0 unspecified atom stereocenters. The fourth-order valence-corrected chi connectivity index (χ4v) is 2.56. The molecule has 0 bridgehead atoms. The van der Waals surface area contributed by atoms with Crippen LogP contribution in [0.5, 0.6) is 5.75 Å². The normalized spacial score (nSPS) is 12.1. The minimum absolute atomic E-state index is 0.262. The van der Waals surface area contributed by atoms with Crippen LogP contribution in [0.4, 0.5) is 5.69 Å². The third-order valence-corrected chi connectivity index (χ3v) is 3.93. The molecule has 0 aliphatic rings. The van der Waals surface area contributed by atoms with Crippen LogP contribution in [0.1, 0.15) is 45.8 Å². The number of rotatable bonds is 8. The number of carbonyl (C=O) groups is 1. The summed E-state index contributed by atoms with van der Waals surface area (Å²) in [5.74, 6) is 5.24. The van der Waals surface area contributed by atoms with E-state index in [1.165, 1.54) is 0 Å². The lowest BCUT2D eigenvalue weighted by Crippen LogP contribution is -2.27. The first kappa shape index (κ1) is 24.2. The maximum Gasteiger partial charge on any atom is 0.349 e. The molecular weight excluding hydrogens is 390 g/mol. The lowest BCUT2D eigenvalue weighted by atomic mass is 10.1. The van der Waals surface area contributed by atoms with E-state index >= 15 is 0 Å². The van der Waals surface area contributed by atoms with Gasteiger partial charge < -0.3 is 9.84 Å². The Morgan fingerprint density at radius 3 is 2.48 bits per heavy atom. The van der Waals surface area contributed by atoms with E-state index in [0.29, 0.717) is 22.7 Å². The summed E-state index contributed by atoms with van der Waals surface area (Å²) in [6.07, 6.45) is 3.19.